The van der Waals surface area contributed by atoms with Crippen molar-refractivity contribution in [2.24, 2.45) is 5.92 Å². The Labute approximate surface area is 145 Å². The summed E-state index contributed by atoms with van der Waals surface area (Å²) < 4.78 is 0. The smallest absolute Gasteiger partial charge is 0.236 e. The number of rotatable bonds is 4. The second kappa shape index (κ2) is 7.51. The van der Waals surface area contributed by atoms with Crippen molar-refractivity contribution in [2.45, 2.75) is 38.6 Å². The van der Waals surface area contributed by atoms with E-state index in [2.05, 4.69) is 40.9 Å². The van der Waals surface area contributed by atoms with Crippen LogP contribution in [0.25, 0.3) is 0 Å². The molecule has 0 N–H and O–H groups in total. The van der Waals surface area contributed by atoms with Crippen molar-refractivity contribution >= 4 is 11.7 Å². The number of piperazine rings is 1. The third-order valence-electron chi connectivity index (χ3n) is 5.64. The summed E-state index contributed by atoms with van der Waals surface area (Å²) in [6.45, 7) is 5.66. The number of aryl methyl sites for hydroxylation is 1. The SMILES string of the molecule is Cc1ccc(N(C)CC2CCC(N3CCN(C)C(=O)C3)CC2)nc1. The van der Waals surface area contributed by atoms with Crippen LogP contribution in [0.3, 0.4) is 0 Å². The van der Waals surface area contributed by atoms with Gasteiger partial charge in [0.2, 0.25) is 5.91 Å². The van der Waals surface area contributed by atoms with E-state index in [1.807, 2.05) is 18.1 Å². The highest BCUT2D eigenvalue weighted by Gasteiger charge is 2.30. The molecule has 0 atom stereocenters. The van der Waals surface area contributed by atoms with Crippen molar-refractivity contribution in [3.63, 3.8) is 0 Å². The van der Waals surface area contributed by atoms with Gasteiger partial charge in [0.1, 0.15) is 5.82 Å². The first-order valence-corrected chi connectivity index (χ1v) is 9.14. The minimum absolute atomic E-state index is 0.272. The number of likely N-dealkylation sites (N-methyl/N-ethyl adjacent to an activating group) is 1. The lowest BCUT2D eigenvalue weighted by Gasteiger charge is -2.41. The molecule has 132 valence electrons. The maximum Gasteiger partial charge on any atom is 0.236 e. The molecule has 1 amide bonds. The van der Waals surface area contributed by atoms with Crippen LogP contribution in [0.4, 0.5) is 5.82 Å². The van der Waals surface area contributed by atoms with Gasteiger partial charge >= 0.3 is 0 Å². The molecular weight excluding hydrogens is 300 g/mol. The topological polar surface area (TPSA) is 39.7 Å². The van der Waals surface area contributed by atoms with E-state index in [4.69, 9.17) is 0 Å². The number of hydrogen-bond donors (Lipinski definition) is 0. The van der Waals surface area contributed by atoms with Crippen LogP contribution >= 0.6 is 0 Å². The van der Waals surface area contributed by atoms with E-state index in [0.717, 1.165) is 31.4 Å². The first-order valence-electron chi connectivity index (χ1n) is 9.14. The summed E-state index contributed by atoms with van der Waals surface area (Å²) in [6.07, 6.45) is 6.88. The summed E-state index contributed by atoms with van der Waals surface area (Å²) >= 11 is 0. The van der Waals surface area contributed by atoms with Gasteiger partial charge < -0.3 is 9.80 Å². The van der Waals surface area contributed by atoms with Crippen LogP contribution in [-0.4, -0.2) is 67.0 Å². The van der Waals surface area contributed by atoms with Gasteiger partial charge in [0, 0.05) is 46.0 Å². The molecule has 0 unspecified atom stereocenters. The van der Waals surface area contributed by atoms with Gasteiger partial charge in [-0.15, -0.1) is 0 Å². The highest BCUT2D eigenvalue weighted by atomic mass is 16.2. The van der Waals surface area contributed by atoms with Gasteiger partial charge in [-0.3, -0.25) is 9.69 Å². The molecule has 1 aromatic heterocycles. The monoisotopic (exact) mass is 330 g/mol. The average Bonchev–Trinajstić information content (AvgIpc) is 2.58. The molecule has 2 heterocycles. The summed E-state index contributed by atoms with van der Waals surface area (Å²) in [5, 5.41) is 0. The van der Waals surface area contributed by atoms with Gasteiger partial charge in [0.25, 0.3) is 0 Å². The zero-order chi connectivity index (χ0) is 17.1. The lowest BCUT2D eigenvalue weighted by molar-refractivity contribution is -0.135. The van der Waals surface area contributed by atoms with Crippen molar-refractivity contribution in [3.8, 4) is 0 Å². The average molecular weight is 330 g/mol. The number of nitrogens with zero attached hydrogens (tertiary/aromatic N) is 4. The van der Waals surface area contributed by atoms with Crippen molar-refractivity contribution in [3.05, 3.63) is 23.9 Å². The van der Waals surface area contributed by atoms with E-state index in [1.54, 1.807) is 0 Å². The quantitative estimate of drug-likeness (QED) is 0.848. The number of anilines is 1. The lowest BCUT2D eigenvalue weighted by atomic mass is 9.84. The molecular formula is C19H30N4O. The third kappa shape index (κ3) is 4.07. The zero-order valence-electron chi connectivity index (χ0n) is 15.2. The summed E-state index contributed by atoms with van der Waals surface area (Å²) in [5.41, 5.74) is 1.20. The van der Waals surface area contributed by atoms with Crippen LogP contribution in [0.2, 0.25) is 0 Å². The molecule has 2 fully saturated rings. The Kier molecular flexibility index (Phi) is 5.39. The second-order valence-corrected chi connectivity index (χ2v) is 7.53. The fourth-order valence-electron chi connectivity index (χ4n) is 3.95. The van der Waals surface area contributed by atoms with Crippen LogP contribution < -0.4 is 4.90 Å². The molecule has 0 bridgehead atoms. The Morgan fingerprint density at radius 2 is 1.96 bits per heavy atom. The van der Waals surface area contributed by atoms with E-state index in [9.17, 15) is 4.79 Å². The normalized spacial score (nSPS) is 25.8. The number of carbonyl (C=O) groups excluding carboxylic acids is 1. The number of carbonyl (C=O) groups is 1. The van der Waals surface area contributed by atoms with Gasteiger partial charge in [-0.1, -0.05) is 6.07 Å². The molecule has 5 nitrogen and oxygen atoms in total. The highest BCUT2D eigenvalue weighted by molar-refractivity contribution is 5.78. The molecule has 1 aromatic rings. The van der Waals surface area contributed by atoms with Gasteiger partial charge in [-0.2, -0.15) is 0 Å². The van der Waals surface area contributed by atoms with Crippen molar-refractivity contribution in [1.82, 2.24) is 14.8 Å². The predicted octanol–water partition coefficient (Wildman–Crippen LogP) is 2.16. The molecule has 5 heteroatoms. The Balaban J connectivity index is 1.46. The van der Waals surface area contributed by atoms with Crippen molar-refractivity contribution < 1.29 is 4.79 Å². The van der Waals surface area contributed by atoms with Crippen LogP contribution in [0, 0.1) is 12.8 Å². The molecule has 0 radical (unpaired) electrons. The minimum Gasteiger partial charge on any atom is -0.359 e. The lowest BCUT2D eigenvalue weighted by Crippen LogP contribution is -2.53. The summed E-state index contributed by atoms with van der Waals surface area (Å²) in [7, 11) is 4.05. The second-order valence-electron chi connectivity index (χ2n) is 7.53. The predicted molar refractivity (Wildman–Crippen MR) is 97.2 cm³/mol. The van der Waals surface area contributed by atoms with E-state index in [-0.39, 0.29) is 5.91 Å². The molecule has 3 rings (SSSR count). The van der Waals surface area contributed by atoms with Crippen molar-refractivity contribution in [1.29, 1.82) is 0 Å². The molecule has 1 aliphatic heterocycles. The highest BCUT2D eigenvalue weighted by Crippen LogP contribution is 2.29. The van der Waals surface area contributed by atoms with Gasteiger partial charge in [0.05, 0.1) is 6.54 Å². The zero-order valence-corrected chi connectivity index (χ0v) is 15.2. The fourth-order valence-corrected chi connectivity index (χ4v) is 3.95. The summed E-state index contributed by atoms with van der Waals surface area (Å²) in [5.74, 6) is 2.07. The van der Waals surface area contributed by atoms with Crippen molar-refractivity contribution in [2.75, 3.05) is 45.2 Å². The molecule has 2 aliphatic rings. The Hall–Kier alpha value is -1.62. The largest absolute Gasteiger partial charge is 0.359 e. The molecule has 0 aromatic carbocycles. The third-order valence-corrected chi connectivity index (χ3v) is 5.64. The van der Waals surface area contributed by atoms with E-state index in [1.165, 1.54) is 31.2 Å². The number of hydrogen-bond acceptors (Lipinski definition) is 4. The van der Waals surface area contributed by atoms with Crippen LogP contribution in [0.1, 0.15) is 31.2 Å². The van der Waals surface area contributed by atoms with E-state index >= 15 is 0 Å². The summed E-state index contributed by atoms with van der Waals surface area (Å²) in [4.78, 5) is 23.0. The first-order chi connectivity index (χ1) is 11.5. The van der Waals surface area contributed by atoms with Crippen LogP contribution in [0.5, 0.6) is 0 Å². The summed E-state index contributed by atoms with van der Waals surface area (Å²) in [6, 6.07) is 4.83. The fraction of sp³-hybridized carbons (Fsp3) is 0.684. The van der Waals surface area contributed by atoms with Crippen LogP contribution in [-0.2, 0) is 4.79 Å². The Morgan fingerprint density at radius 1 is 1.21 bits per heavy atom. The molecule has 24 heavy (non-hydrogen) atoms. The number of pyridine rings is 1. The molecule has 1 saturated carbocycles. The molecule has 0 spiro atoms. The number of aromatic nitrogens is 1. The van der Waals surface area contributed by atoms with Gasteiger partial charge in [-0.25, -0.2) is 4.98 Å². The van der Waals surface area contributed by atoms with Crippen LogP contribution in [0.15, 0.2) is 18.3 Å². The van der Waals surface area contributed by atoms with E-state index in [0.29, 0.717) is 12.6 Å². The molecule has 1 saturated heterocycles. The van der Waals surface area contributed by atoms with Gasteiger partial charge in [0.15, 0.2) is 0 Å². The Morgan fingerprint density at radius 3 is 2.58 bits per heavy atom. The van der Waals surface area contributed by atoms with E-state index < -0.39 is 0 Å². The standard InChI is InChI=1S/C19H30N4O/c1-15-4-9-18(20-12-15)22(3)13-16-5-7-17(8-6-16)23-11-10-21(2)19(24)14-23/h4,9,12,16-17H,5-8,10-11,13-14H2,1-3H3. The Bertz CT molecular complexity index is 551. The minimum atomic E-state index is 0.272. The number of amides is 1. The maximum atomic E-state index is 11.9. The first kappa shape index (κ1) is 17.2. The molecule has 1 aliphatic carbocycles. The maximum absolute atomic E-state index is 11.9. The van der Waals surface area contributed by atoms with Gasteiger partial charge in [-0.05, 0) is 50.2 Å².